The molecular weight excluding hydrogens is 244 g/mol. The molecule has 1 heterocycles. The summed E-state index contributed by atoms with van der Waals surface area (Å²) in [6, 6.07) is 9.45. The fourth-order valence-corrected chi connectivity index (χ4v) is 1.31. The maximum Gasteiger partial charge on any atom is 0.297 e. The van der Waals surface area contributed by atoms with Gasteiger partial charge >= 0.3 is 0 Å². The Bertz CT molecular complexity index is 539. The summed E-state index contributed by atoms with van der Waals surface area (Å²) in [5.41, 5.74) is 2.19. The van der Waals surface area contributed by atoms with Gasteiger partial charge in [-0.25, -0.2) is 8.42 Å². The summed E-state index contributed by atoms with van der Waals surface area (Å²) in [5, 5.41) is 7.22. The molecule has 0 saturated heterocycles. The number of hydrogen-bond donors (Lipinski definition) is 2. The first-order chi connectivity index (χ1) is 8.02. The first-order valence-electron chi connectivity index (χ1n) is 4.58. The fraction of sp³-hybridized carbons (Fsp3) is 0.100. The van der Waals surface area contributed by atoms with E-state index in [-0.39, 0.29) is 5.91 Å². The Kier molecular flexibility index (Phi) is 4.68. The van der Waals surface area contributed by atoms with Gasteiger partial charge in [-0.05, 0) is 12.5 Å². The minimum atomic E-state index is -3.12. The number of carbonyl (C=O) groups is 1. The standard InChI is InChI=1S/C10H8N2O.H2O3S/c1-7-9(10(13)12-11-7)8-5-3-2-4-6-8;1-4(2)3/h2-6H,1H3;4H,(H,1,2,3). The van der Waals surface area contributed by atoms with Crippen LogP contribution in [0, 0.1) is 0 Å². The highest BCUT2D eigenvalue weighted by molar-refractivity contribution is 7.66. The van der Waals surface area contributed by atoms with Crippen LogP contribution in [0.5, 0.6) is 0 Å². The summed E-state index contributed by atoms with van der Waals surface area (Å²) < 4.78 is 24.2. The Morgan fingerprint density at radius 3 is 2.06 bits per heavy atom. The van der Waals surface area contributed by atoms with E-state index < -0.39 is 11.0 Å². The summed E-state index contributed by atoms with van der Waals surface area (Å²) in [6.07, 6.45) is 0. The molecule has 0 aromatic heterocycles. The van der Waals surface area contributed by atoms with Crippen LogP contribution in [0.3, 0.4) is 0 Å². The molecule has 1 aromatic rings. The third kappa shape index (κ3) is 3.89. The fourth-order valence-electron chi connectivity index (χ4n) is 1.31. The number of hydrogen-bond acceptors (Lipinski definition) is 4. The number of allylic oxidation sites excluding steroid dienone is 1. The van der Waals surface area contributed by atoms with E-state index in [4.69, 9.17) is 13.0 Å². The van der Waals surface area contributed by atoms with Crippen LogP contribution in [0.15, 0.2) is 46.3 Å². The van der Waals surface area contributed by atoms with E-state index in [2.05, 4.69) is 10.2 Å². The molecule has 7 heteroatoms. The molecule has 0 radical (unpaired) electrons. The Morgan fingerprint density at radius 2 is 1.65 bits per heavy atom. The molecule has 1 N–H and O–H groups in total. The summed E-state index contributed by atoms with van der Waals surface area (Å²) in [4.78, 5) is 11.3. The first kappa shape index (κ1) is 13.2. The average molecular weight is 254 g/mol. The van der Waals surface area contributed by atoms with Gasteiger partial charge in [0.15, 0.2) is 0 Å². The highest BCUT2D eigenvalue weighted by atomic mass is 32.2. The van der Waals surface area contributed by atoms with Crippen LogP contribution in [-0.4, -0.2) is 18.9 Å². The van der Waals surface area contributed by atoms with Gasteiger partial charge in [0.05, 0.1) is 11.3 Å². The number of amides is 1. The normalized spacial score (nSPS) is 13.9. The largest absolute Gasteiger partial charge is 0.297 e. The predicted octanol–water partition coefficient (Wildman–Crippen LogP) is 1.48. The Morgan fingerprint density at radius 1 is 1.12 bits per heavy atom. The van der Waals surface area contributed by atoms with Gasteiger partial charge in [-0.15, -0.1) is 5.11 Å². The average Bonchev–Trinajstić information content (AvgIpc) is 2.59. The molecule has 1 aliphatic rings. The molecule has 17 heavy (non-hydrogen) atoms. The number of rotatable bonds is 1. The Labute approximate surface area is 99.5 Å². The third-order valence-electron chi connectivity index (χ3n) is 1.93. The highest BCUT2D eigenvalue weighted by Crippen LogP contribution is 2.25. The lowest BCUT2D eigenvalue weighted by atomic mass is 10.0. The van der Waals surface area contributed by atoms with Crippen LogP contribution in [0.2, 0.25) is 0 Å². The summed E-state index contributed by atoms with van der Waals surface area (Å²) in [7, 11) is -3.12. The van der Waals surface area contributed by atoms with Crippen LogP contribution in [0.4, 0.5) is 0 Å². The maximum absolute atomic E-state index is 11.3. The lowest BCUT2D eigenvalue weighted by molar-refractivity contribution is -0.112. The molecule has 90 valence electrons. The monoisotopic (exact) mass is 254 g/mol. The molecule has 6 nitrogen and oxygen atoms in total. The first-order valence-corrected chi connectivity index (χ1v) is 5.71. The van der Waals surface area contributed by atoms with Crippen molar-refractivity contribution in [2.45, 2.75) is 6.92 Å². The van der Waals surface area contributed by atoms with E-state index in [9.17, 15) is 4.79 Å². The highest BCUT2D eigenvalue weighted by Gasteiger charge is 2.19. The predicted molar refractivity (Wildman–Crippen MR) is 61.8 cm³/mol. The zero-order valence-corrected chi connectivity index (χ0v) is 9.79. The van der Waals surface area contributed by atoms with E-state index in [1.54, 1.807) is 6.92 Å². The minimum Gasteiger partial charge on any atom is -0.288 e. The number of thiol groups is 1. The van der Waals surface area contributed by atoms with Gasteiger partial charge in [0, 0.05) is 0 Å². The number of azo groups is 1. The number of carbonyl (C=O) groups excluding carboxylic acids is 1. The van der Waals surface area contributed by atoms with Crippen LogP contribution in [-0.2, 0) is 15.8 Å². The molecule has 0 spiro atoms. The van der Waals surface area contributed by atoms with Gasteiger partial charge in [0.2, 0.25) is 0 Å². The van der Waals surface area contributed by atoms with Crippen molar-refractivity contribution in [3.8, 4) is 0 Å². The molecule has 1 aromatic carbocycles. The minimum absolute atomic E-state index is 0.247. The zero-order valence-electron chi connectivity index (χ0n) is 8.90. The van der Waals surface area contributed by atoms with Crippen molar-refractivity contribution in [1.82, 2.24) is 0 Å². The van der Waals surface area contributed by atoms with Crippen molar-refractivity contribution in [3.05, 3.63) is 41.6 Å². The van der Waals surface area contributed by atoms with Crippen molar-refractivity contribution in [1.29, 1.82) is 0 Å². The Hall–Kier alpha value is -1.86. The molecule has 0 bridgehead atoms. The molecule has 0 fully saturated rings. The van der Waals surface area contributed by atoms with Crippen molar-refractivity contribution in [2.24, 2.45) is 10.2 Å². The van der Waals surface area contributed by atoms with E-state index >= 15 is 0 Å². The molecule has 0 atom stereocenters. The summed E-state index contributed by atoms with van der Waals surface area (Å²) >= 11 is 0. The SMILES string of the molecule is CC1=C(c2ccccc2)C(=O)N=N1.O=[SH](=O)O. The van der Waals surface area contributed by atoms with Gasteiger partial charge in [0.1, 0.15) is 0 Å². The Balaban J connectivity index is 0.000000317. The van der Waals surface area contributed by atoms with Gasteiger partial charge < -0.3 is 0 Å². The van der Waals surface area contributed by atoms with E-state index in [0.29, 0.717) is 11.3 Å². The smallest absolute Gasteiger partial charge is 0.288 e. The molecule has 0 saturated carbocycles. The van der Waals surface area contributed by atoms with Gasteiger partial charge in [-0.3, -0.25) is 9.35 Å². The van der Waals surface area contributed by atoms with Gasteiger partial charge in [-0.1, -0.05) is 30.3 Å². The zero-order chi connectivity index (χ0) is 12.8. The lowest BCUT2D eigenvalue weighted by Gasteiger charge is -1.98. The second-order valence-corrected chi connectivity index (χ2v) is 3.55. The lowest BCUT2D eigenvalue weighted by Crippen LogP contribution is -1.94. The van der Waals surface area contributed by atoms with Crippen LogP contribution in [0.25, 0.3) is 5.57 Å². The van der Waals surface area contributed by atoms with Gasteiger partial charge in [-0.2, -0.15) is 5.11 Å². The molecule has 0 unspecified atom stereocenters. The molecule has 0 aliphatic carbocycles. The third-order valence-corrected chi connectivity index (χ3v) is 1.93. The van der Waals surface area contributed by atoms with Crippen molar-refractivity contribution >= 4 is 22.5 Å². The van der Waals surface area contributed by atoms with Crippen molar-refractivity contribution in [3.63, 3.8) is 0 Å². The number of nitrogens with zero attached hydrogens (tertiary/aromatic N) is 2. The molecule has 1 aliphatic heterocycles. The quantitative estimate of drug-likeness (QED) is 0.586. The molecular formula is C10H10N2O4S. The number of benzene rings is 1. The second kappa shape index (κ2) is 6.02. The molecule has 1 amide bonds. The van der Waals surface area contributed by atoms with E-state index in [1.807, 2.05) is 30.3 Å². The van der Waals surface area contributed by atoms with Crippen molar-refractivity contribution < 1.29 is 17.8 Å². The van der Waals surface area contributed by atoms with E-state index in [0.717, 1.165) is 5.56 Å². The summed E-state index contributed by atoms with van der Waals surface area (Å²) in [5.74, 6) is -0.247. The van der Waals surface area contributed by atoms with Crippen LogP contribution in [0.1, 0.15) is 12.5 Å². The molecule has 2 rings (SSSR count). The second-order valence-electron chi connectivity index (χ2n) is 3.07. The van der Waals surface area contributed by atoms with Crippen molar-refractivity contribution in [2.75, 3.05) is 0 Å². The maximum atomic E-state index is 11.3. The van der Waals surface area contributed by atoms with Gasteiger partial charge in [0.25, 0.3) is 16.9 Å². The summed E-state index contributed by atoms with van der Waals surface area (Å²) in [6.45, 7) is 1.79. The van der Waals surface area contributed by atoms with E-state index in [1.165, 1.54) is 0 Å². The topological polar surface area (TPSA) is 96.2 Å². The van der Waals surface area contributed by atoms with Crippen LogP contribution < -0.4 is 0 Å². The van der Waals surface area contributed by atoms with Crippen LogP contribution >= 0.6 is 0 Å².